The largest absolute Gasteiger partial charge is 0.496 e. The minimum Gasteiger partial charge on any atom is -0.496 e. The third kappa shape index (κ3) is 3.47. The average Bonchev–Trinajstić information content (AvgIpc) is 2.47. The molecule has 1 unspecified atom stereocenters. The predicted octanol–water partition coefficient (Wildman–Crippen LogP) is 1.42. The van der Waals surface area contributed by atoms with Gasteiger partial charge in [-0.2, -0.15) is 0 Å². The van der Waals surface area contributed by atoms with Gasteiger partial charge in [0.2, 0.25) is 0 Å². The van der Waals surface area contributed by atoms with Gasteiger partial charge in [0.1, 0.15) is 5.75 Å². The Labute approximate surface area is 115 Å². The summed E-state index contributed by atoms with van der Waals surface area (Å²) in [5, 5.41) is 0. The van der Waals surface area contributed by atoms with E-state index >= 15 is 0 Å². The first-order valence-electron chi connectivity index (χ1n) is 6.96. The van der Waals surface area contributed by atoms with Crippen molar-refractivity contribution in [2.75, 3.05) is 33.4 Å². The number of hydrogen-bond donors (Lipinski definition) is 1. The zero-order valence-corrected chi connectivity index (χ0v) is 11.9. The second-order valence-corrected chi connectivity index (χ2v) is 4.93. The molecule has 1 atom stereocenters. The Morgan fingerprint density at radius 3 is 3.00 bits per heavy atom. The molecule has 0 aliphatic carbocycles. The molecule has 19 heavy (non-hydrogen) atoms. The van der Waals surface area contributed by atoms with Crippen LogP contribution in [-0.4, -0.2) is 44.4 Å². The van der Waals surface area contributed by atoms with Gasteiger partial charge >= 0.3 is 0 Å². The summed E-state index contributed by atoms with van der Waals surface area (Å²) >= 11 is 0. The molecule has 1 aliphatic heterocycles. The van der Waals surface area contributed by atoms with E-state index in [4.69, 9.17) is 15.2 Å². The number of aryl methyl sites for hydroxylation is 1. The third-order valence-electron chi connectivity index (χ3n) is 3.75. The number of rotatable bonds is 5. The fraction of sp³-hybridized carbons (Fsp3) is 0.600. The number of nitrogens with two attached hydrogens (primary N) is 1. The molecule has 1 aromatic carbocycles. The van der Waals surface area contributed by atoms with E-state index in [0.717, 1.165) is 38.5 Å². The Bertz CT molecular complexity index is 409. The van der Waals surface area contributed by atoms with Gasteiger partial charge < -0.3 is 15.2 Å². The van der Waals surface area contributed by atoms with Crippen molar-refractivity contribution >= 4 is 0 Å². The molecule has 1 aliphatic rings. The van der Waals surface area contributed by atoms with Crippen molar-refractivity contribution in [3.05, 3.63) is 29.3 Å². The van der Waals surface area contributed by atoms with Crippen LogP contribution in [0.4, 0.5) is 0 Å². The Morgan fingerprint density at radius 1 is 1.47 bits per heavy atom. The lowest BCUT2D eigenvalue weighted by molar-refractivity contribution is -0.00820. The van der Waals surface area contributed by atoms with Crippen molar-refractivity contribution in [3.63, 3.8) is 0 Å². The topological polar surface area (TPSA) is 47.7 Å². The van der Waals surface area contributed by atoms with Crippen LogP contribution in [0.15, 0.2) is 18.2 Å². The lowest BCUT2D eigenvalue weighted by Crippen LogP contribution is -2.48. The summed E-state index contributed by atoms with van der Waals surface area (Å²) < 4.78 is 11.0. The van der Waals surface area contributed by atoms with E-state index in [1.54, 1.807) is 7.11 Å². The lowest BCUT2D eigenvalue weighted by Gasteiger charge is -2.35. The van der Waals surface area contributed by atoms with Gasteiger partial charge in [-0.25, -0.2) is 0 Å². The minimum absolute atomic E-state index is 0.309. The van der Waals surface area contributed by atoms with Crippen LogP contribution in [0.5, 0.6) is 5.75 Å². The summed E-state index contributed by atoms with van der Waals surface area (Å²) in [6.45, 7) is 6.13. The number of hydrogen-bond acceptors (Lipinski definition) is 4. The van der Waals surface area contributed by atoms with Crippen LogP contribution < -0.4 is 10.5 Å². The maximum atomic E-state index is 5.82. The molecule has 4 heteroatoms. The molecule has 0 amide bonds. The molecule has 106 valence electrons. The summed E-state index contributed by atoms with van der Waals surface area (Å²) in [5.41, 5.74) is 8.40. The summed E-state index contributed by atoms with van der Waals surface area (Å²) in [5.74, 6) is 0.958. The fourth-order valence-electron chi connectivity index (χ4n) is 2.51. The highest BCUT2D eigenvalue weighted by Crippen LogP contribution is 2.23. The van der Waals surface area contributed by atoms with Crippen molar-refractivity contribution < 1.29 is 9.47 Å². The lowest BCUT2D eigenvalue weighted by atomic mass is 10.1. The van der Waals surface area contributed by atoms with Crippen LogP contribution in [0.1, 0.15) is 18.1 Å². The Morgan fingerprint density at radius 2 is 2.32 bits per heavy atom. The van der Waals surface area contributed by atoms with Gasteiger partial charge in [0, 0.05) is 31.2 Å². The number of methoxy groups -OCH3 is 1. The van der Waals surface area contributed by atoms with Crippen LogP contribution in [0, 0.1) is 0 Å². The maximum Gasteiger partial charge on any atom is 0.123 e. The van der Waals surface area contributed by atoms with Gasteiger partial charge in [-0.3, -0.25) is 4.90 Å². The minimum atomic E-state index is 0.309. The van der Waals surface area contributed by atoms with Gasteiger partial charge in [0.05, 0.1) is 20.3 Å². The molecule has 0 spiro atoms. The highest BCUT2D eigenvalue weighted by atomic mass is 16.5. The molecule has 0 saturated carbocycles. The molecule has 1 saturated heterocycles. The Kier molecular flexibility index (Phi) is 5.19. The zero-order valence-electron chi connectivity index (χ0n) is 11.9. The van der Waals surface area contributed by atoms with Gasteiger partial charge in [-0.1, -0.05) is 19.1 Å². The molecule has 0 radical (unpaired) electrons. The van der Waals surface area contributed by atoms with Crippen LogP contribution in [0.3, 0.4) is 0 Å². The van der Waals surface area contributed by atoms with Crippen molar-refractivity contribution in [1.29, 1.82) is 0 Å². The van der Waals surface area contributed by atoms with E-state index in [1.807, 2.05) is 0 Å². The van der Waals surface area contributed by atoms with Crippen molar-refractivity contribution in [1.82, 2.24) is 4.90 Å². The van der Waals surface area contributed by atoms with Crippen molar-refractivity contribution in [2.45, 2.75) is 25.9 Å². The Balaban J connectivity index is 2.16. The zero-order chi connectivity index (χ0) is 13.7. The van der Waals surface area contributed by atoms with E-state index in [1.165, 1.54) is 11.1 Å². The normalized spacial score (nSPS) is 20.5. The second kappa shape index (κ2) is 6.89. The van der Waals surface area contributed by atoms with Gasteiger partial charge in [0.15, 0.2) is 0 Å². The molecule has 1 fully saturated rings. The number of nitrogens with zero attached hydrogens (tertiary/aromatic N) is 1. The maximum absolute atomic E-state index is 5.82. The molecular weight excluding hydrogens is 240 g/mol. The quantitative estimate of drug-likeness (QED) is 0.873. The summed E-state index contributed by atoms with van der Waals surface area (Å²) in [6.07, 6.45) is 1.04. The first-order chi connectivity index (χ1) is 9.28. The standard InChI is InChI=1S/C15H24N2O2/c1-3-12-4-5-15(18-2)13(8-12)10-17-6-7-19-11-14(17)9-16/h4-5,8,14H,3,6-7,9-11,16H2,1-2H3. The first kappa shape index (κ1) is 14.3. The smallest absolute Gasteiger partial charge is 0.123 e. The van der Waals surface area contributed by atoms with Crippen LogP contribution in [0.25, 0.3) is 0 Å². The second-order valence-electron chi connectivity index (χ2n) is 4.93. The summed E-state index contributed by atoms with van der Waals surface area (Å²) in [6, 6.07) is 6.74. The predicted molar refractivity (Wildman–Crippen MR) is 76.4 cm³/mol. The van der Waals surface area contributed by atoms with Gasteiger partial charge in [-0.05, 0) is 18.1 Å². The van der Waals surface area contributed by atoms with Crippen LogP contribution in [0.2, 0.25) is 0 Å². The van der Waals surface area contributed by atoms with E-state index in [-0.39, 0.29) is 0 Å². The van der Waals surface area contributed by atoms with Crippen LogP contribution in [-0.2, 0) is 17.7 Å². The fourth-order valence-corrected chi connectivity index (χ4v) is 2.51. The molecular formula is C15H24N2O2. The van der Waals surface area contributed by atoms with Crippen molar-refractivity contribution in [2.24, 2.45) is 5.73 Å². The van der Waals surface area contributed by atoms with Gasteiger partial charge in [-0.15, -0.1) is 0 Å². The molecule has 2 N–H and O–H groups in total. The highest BCUT2D eigenvalue weighted by Gasteiger charge is 2.22. The van der Waals surface area contributed by atoms with E-state index in [2.05, 4.69) is 30.0 Å². The highest BCUT2D eigenvalue weighted by molar-refractivity contribution is 5.37. The molecule has 0 aromatic heterocycles. The Hall–Kier alpha value is -1.10. The third-order valence-corrected chi connectivity index (χ3v) is 3.75. The molecule has 0 bridgehead atoms. The molecule has 1 aromatic rings. The number of ether oxygens (including phenoxy) is 2. The number of benzene rings is 1. The van der Waals surface area contributed by atoms with Crippen molar-refractivity contribution in [3.8, 4) is 5.75 Å². The van der Waals surface area contributed by atoms with E-state index in [0.29, 0.717) is 12.6 Å². The summed E-state index contributed by atoms with van der Waals surface area (Å²) in [7, 11) is 1.73. The summed E-state index contributed by atoms with van der Waals surface area (Å²) in [4.78, 5) is 2.39. The van der Waals surface area contributed by atoms with Crippen LogP contribution >= 0.6 is 0 Å². The SMILES string of the molecule is CCc1ccc(OC)c(CN2CCOCC2CN)c1. The molecule has 4 nitrogen and oxygen atoms in total. The van der Waals surface area contributed by atoms with E-state index in [9.17, 15) is 0 Å². The first-order valence-corrected chi connectivity index (χ1v) is 6.96. The molecule has 2 rings (SSSR count). The molecule has 1 heterocycles. The average molecular weight is 264 g/mol. The number of morpholine rings is 1. The van der Waals surface area contributed by atoms with Gasteiger partial charge in [0.25, 0.3) is 0 Å². The van der Waals surface area contributed by atoms with E-state index < -0.39 is 0 Å². The monoisotopic (exact) mass is 264 g/mol.